The number of nitrogens with zero attached hydrogens (tertiary/aromatic N) is 1. The second kappa shape index (κ2) is 9.78. The lowest BCUT2D eigenvalue weighted by atomic mass is 9.83. The molecule has 6 nitrogen and oxygen atoms in total. The number of carbonyl (C=O) groups excluding carboxylic acids is 2. The van der Waals surface area contributed by atoms with Crippen LogP contribution >= 0.6 is 0 Å². The number of ether oxygens (including phenoxy) is 3. The van der Waals surface area contributed by atoms with Crippen LogP contribution in [0.15, 0.2) is 78.1 Å². The van der Waals surface area contributed by atoms with Crippen LogP contribution in [0.1, 0.15) is 25.3 Å². The molecule has 0 aliphatic carbocycles. The Morgan fingerprint density at radius 3 is 2.00 bits per heavy atom. The Bertz CT molecular complexity index is 929. The smallest absolute Gasteiger partial charge is 0.336 e. The van der Waals surface area contributed by atoms with Gasteiger partial charge < -0.3 is 19.1 Å². The summed E-state index contributed by atoms with van der Waals surface area (Å²) >= 11 is 0. The first-order valence-corrected chi connectivity index (χ1v) is 9.84. The van der Waals surface area contributed by atoms with E-state index in [4.69, 9.17) is 14.2 Å². The van der Waals surface area contributed by atoms with Crippen LogP contribution in [0.5, 0.6) is 5.75 Å². The van der Waals surface area contributed by atoms with Gasteiger partial charge in [0.25, 0.3) is 0 Å². The fraction of sp³-hybridized carbons (Fsp3) is 0.250. The third kappa shape index (κ3) is 4.54. The van der Waals surface area contributed by atoms with Gasteiger partial charge in [-0.3, -0.25) is 0 Å². The second-order valence-electron chi connectivity index (χ2n) is 6.56. The molecule has 30 heavy (non-hydrogen) atoms. The Morgan fingerprint density at radius 2 is 1.47 bits per heavy atom. The number of carbonyl (C=O) groups is 2. The molecule has 2 aromatic rings. The first kappa shape index (κ1) is 21.2. The molecular weight excluding hydrogens is 382 g/mol. The zero-order valence-electron chi connectivity index (χ0n) is 17.3. The average Bonchev–Trinajstić information content (AvgIpc) is 2.79. The molecule has 0 saturated heterocycles. The zero-order valence-corrected chi connectivity index (χ0v) is 17.3. The summed E-state index contributed by atoms with van der Waals surface area (Å²) in [5.74, 6) is -0.982. The molecule has 0 fully saturated rings. The van der Waals surface area contributed by atoms with Crippen LogP contribution in [0.2, 0.25) is 0 Å². The standard InChI is InChI=1S/C24H25NO5/c1-4-29-23(26)20-15-25(18-11-7-6-8-12-18)16-21(24(27)30-5-2)22(20)17-10-9-13-19(14-17)28-3/h6-16,22H,4-5H2,1-3H3. The molecule has 1 aliphatic rings. The van der Waals surface area contributed by atoms with Crippen molar-refractivity contribution in [2.45, 2.75) is 19.8 Å². The van der Waals surface area contributed by atoms with Crippen molar-refractivity contribution >= 4 is 17.6 Å². The predicted octanol–water partition coefficient (Wildman–Crippen LogP) is 4.19. The lowest BCUT2D eigenvalue weighted by molar-refractivity contribution is -0.139. The summed E-state index contributed by atoms with van der Waals surface area (Å²) in [6, 6.07) is 16.8. The highest BCUT2D eigenvalue weighted by atomic mass is 16.5. The Kier molecular flexibility index (Phi) is 6.91. The van der Waals surface area contributed by atoms with E-state index in [1.165, 1.54) is 0 Å². The van der Waals surface area contributed by atoms with Crippen LogP contribution in [0, 0.1) is 0 Å². The van der Waals surface area contributed by atoms with Gasteiger partial charge in [-0.2, -0.15) is 0 Å². The van der Waals surface area contributed by atoms with Crippen LogP contribution in [0.25, 0.3) is 0 Å². The van der Waals surface area contributed by atoms with Gasteiger partial charge in [-0.25, -0.2) is 9.59 Å². The lowest BCUT2D eigenvalue weighted by Crippen LogP contribution is -2.29. The zero-order chi connectivity index (χ0) is 21.5. The summed E-state index contributed by atoms with van der Waals surface area (Å²) < 4.78 is 16.0. The van der Waals surface area contributed by atoms with Gasteiger partial charge in [-0.1, -0.05) is 30.3 Å². The van der Waals surface area contributed by atoms with Gasteiger partial charge in [-0.05, 0) is 43.7 Å². The maximum Gasteiger partial charge on any atom is 0.336 e. The van der Waals surface area contributed by atoms with Crippen LogP contribution in [-0.2, 0) is 19.1 Å². The number of rotatable bonds is 7. The summed E-state index contributed by atoms with van der Waals surface area (Å²) in [6.07, 6.45) is 3.42. The minimum Gasteiger partial charge on any atom is -0.497 e. The molecule has 0 aromatic heterocycles. The number of methoxy groups -OCH3 is 1. The molecule has 0 radical (unpaired) electrons. The molecule has 156 valence electrons. The fourth-order valence-corrected chi connectivity index (χ4v) is 3.35. The molecule has 0 amide bonds. The summed E-state index contributed by atoms with van der Waals surface area (Å²) in [6.45, 7) is 3.95. The molecule has 1 aliphatic heterocycles. The van der Waals surface area contributed by atoms with Crippen LogP contribution in [0.4, 0.5) is 5.69 Å². The van der Waals surface area contributed by atoms with E-state index < -0.39 is 17.9 Å². The lowest BCUT2D eigenvalue weighted by Gasteiger charge is -2.30. The van der Waals surface area contributed by atoms with Gasteiger partial charge in [0.15, 0.2) is 0 Å². The van der Waals surface area contributed by atoms with Crippen molar-refractivity contribution in [1.29, 1.82) is 0 Å². The SMILES string of the molecule is CCOC(=O)C1=CN(c2ccccc2)C=C(C(=O)OCC)C1c1cccc(OC)c1. The number of anilines is 1. The van der Waals surface area contributed by atoms with Crippen molar-refractivity contribution in [2.75, 3.05) is 25.2 Å². The topological polar surface area (TPSA) is 65.1 Å². The van der Waals surface area contributed by atoms with Gasteiger partial charge in [-0.15, -0.1) is 0 Å². The molecule has 0 saturated carbocycles. The maximum atomic E-state index is 12.9. The second-order valence-corrected chi connectivity index (χ2v) is 6.56. The van der Waals surface area contributed by atoms with Gasteiger partial charge in [0.05, 0.1) is 37.4 Å². The van der Waals surface area contributed by atoms with Gasteiger partial charge in [0.1, 0.15) is 5.75 Å². The van der Waals surface area contributed by atoms with E-state index in [0.29, 0.717) is 16.9 Å². The minimum absolute atomic E-state index is 0.227. The van der Waals surface area contributed by atoms with Crippen LogP contribution in [0.3, 0.4) is 0 Å². The highest BCUT2D eigenvalue weighted by molar-refractivity contribution is 6.00. The van der Waals surface area contributed by atoms with Crippen molar-refractivity contribution in [3.63, 3.8) is 0 Å². The molecule has 0 atom stereocenters. The van der Waals surface area contributed by atoms with Crippen molar-refractivity contribution < 1.29 is 23.8 Å². The van der Waals surface area contributed by atoms with Gasteiger partial charge >= 0.3 is 11.9 Å². The van der Waals surface area contributed by atoms with Gasteiger partial charge in [0.2, 0.25) is 0 Å². The van der Waals surface area contributed by atoms with E-state index in [2.05, 4.69) is 0 Å². The van der Waals surface area contributed by atoms with E-state index in [9.17, 15) is 9.59 Å². The van der Waals surface area contributed by atoms with Crippen molar-refractivity contribution in [3.05, 3.63) is 83.7 Å². The average molecular weight is 407 g/mol. The van der Waals surface area contributed by atoms with E-state index in [1.54, 1.807) is 38.3 Å². The third-order valence-corrected chi connectivity index (χ3v) is 4.68. The Balaban J connectivity index is 2.17. The fourth-order valence-electron chi connectivity index (χ4n) is 3.35. The molecule has 1 heterocycles. The van der Waals surface area contributed by atoms with Crippen molar-refractivity contribution in [3.8, 4) is 5.75 Å². The van der Waals surface area contributed by atoms with Crippen LogP contribution < -0.4 is 9.64 Å². The quantitative estimate of drug-likeness (QED) is 0.641. The molecule has 0 unspecified atom stereocenters. The molecule has 0 spiro atoms. The van der Waals surface area contributed by atoms with E-state index in [1.807, 2.05) is 54.6 Å². The van der Waals surface area contributed by atoms with Crippen LogP contribution in [-0.4, -0.2) is 32.3 Å². The van der Waals surface area contributed by atoms with Gasteiger partial charge in [0, 0.05) is 18.1 Å². The Hall–Kier alpha value is -3.54. The maximum absolute atomic E-state index is 12.9. The molecular formula is C24H25NO5. The molecule has 0 N–H and O–H groups in total. The Labute approximate surface area is 176 Å². The van der Waals surface area contributed by atoms with Crippen molar-refractivity contribution in [2.24, 2.45) is 0 Å². The number of hydrogen-bond donors (Lipinski definition) is 0. The number of esters is 2. The molecule has 2 aromatic carbocycles. The monoisotopic (exact) mass is 407 g/mol. The van der Waals surface area contributed by atoms with Crippen molar-refractivity contribution in [1.82, 2.24) is 0 Å². The summed E-state index contributed by atoms with van der Waals surface area (Å²) in [7, 11) is 1.57. The normalized spacial score (nSPS) is 13.9. The van der Waals surface area contributed by atoms with E-state index in [-0.39, 0.29) is 13.2 Å². The molecule has 6 heteroatoms. The first-order valence-electron chi connectivity index (χ1n) is 9.84. The minimum atomic E-state index is -0.641. The summed E-state index contributed by atoms with van der Waals surface area (Å²) in [5.41, 5.74) is 2.24. The third-order valence-electron chi connectivity index (χ3n) is 4.68. The highest BCUT2D eigenvalue weighted by Gasteiger charge is 2.36. The Morgan fingerprint density at radius 1 is 0.867 bits per heavy atom. The molecule has 3 rings (SSSR count). The summed E-state index contributed by atoms with van der Waals surface area (Å²) in [5, 5.41) is 0. The highest BCUT2D eigenvalue weighted by Crippen LogP contribution is 2.39. The first-order chi connectivity index (χ1) is 14.6. The van der Waals surface area contributed by atoms with E-state index >= 15 is 0 Å². The number of benzene rings is 2. The largest absolute Gasteiger partial charge is 0.497 e. The van der Waals surface area contributed by atoms with E-state index in [0.717, 1.165) is 11.3 Å². The number of hydrogen-bond acceptors (Lipinski definition) is 6. The number of para-hydroxylation sites is 1. The summed E-state index contributed by atoms with van der Waals surface area (Å²) in [4.78, 5) is 27.6. The molecule has 0 bridgehead atoms. The predicted molar refractivity (Wildman–Crippen MR) is 114 cm³/mol.